The van der Waals surface area contributed by atoms with Crippen LogP contribution < -0.4 is 0 Å². The van der Waals surface area contributed by atoms with Crippen molar-refractivity contribution in [3.8, 4) is 47.4 Å². The van der Waals surface area contributed by atoms with Gasteiger partial charge in [0.25, 0.3) is 0 Å². The van der Waals surface area contributed by atoms with Crippen LogP contribution in [0, 0.1) is 47.4 Å². The van der Waals surface area contributed by atoms with E-state index in [4.69, 9.17) is 18.5 Å². The summed E-state index contributed by atoms with van der Waals surface area (Å²) in [5.41, 5.74) is 0. The molecule has 0 aliphatic carbocycles. The van der Waals surface area contributed by atoms with Crippen LogP contribution in [-0.4, -0.2) is 74.9 Å². The molecule has 0 rings (SSSR count). The Labute approximate surface area is 444 Å². The minimum Gasteiger partial charge on any atom is -0.462 e. The lowest BCUT2D eigenvalue weighted by Crippen LogP contribution is -2.37. The Morgan fingerprint density at radius 3 is 1.07 bits per heavy atom. The number of ether oxygens (including phenoxy) is 2. The van der Waals surface area contributed by atoms with Crippen molar-refractivity contribution in [2.75, 3.05) is 47.5 Å². The maximum absolute atomic E-state index is 12.8. The van der Waals surface area contributed by atoms with E-state index in [-0.39, 0.29) is 26.1 Å². The molecule has 414 valence electrons. The summed E-state index contributed by atoms with van der Waals surface area (Å²) in [5, 5.41) is 0. The van der Waals surface area contributed by atoms with E-state index < -0.39 is 32.5 Å². The lowest BCUT2D eigenvalue weighted by Gasteiger charge is -2.24. The number of hydrogen-bond acceptors (Lipinski definition) is 7. The van der Waals surface area contributed by atoms with Crippen LogP contribution in [0.25, 0.3) is 0 Å². The molecule has 0 saturated heterocycles. The maximum Gasteiger partial charge on any atom is 0.472 e. The summed E-state index contributed by atoms with van der Waals surface area (Å²) in [6, 6.07) is 0. The second-order valence-corrected chi connectivity index (χ2v) is 22.6. The summed E-state index contributed by atoms with van der Waals surface area (Å²) in [7, 11) is 1.42. The highest BCUT2D eigenvalue weighted by molar-refractivity contribution is 7.47. The van der Waals surface area contributed by atoms with Crippen LogP contribution in [0.15, 0.2) is 0 Å². The van der Waals surface area contributed by atoms with Gasteiger partial charge in [0.2, 0.25) is 0 Å². The normalized spacial score (nSPS) is 12.2. The Morgan fingerprint density at radius 1 is 0.431 bits per heavy atom. The van der Waals surface area contributed by atoms with Crippen molar-refractivity contribution in [2.24, 2.45) is 0 Å². The minimum atomic E-state index is -4.41. The second-order valence-electron chi connectivity index (χ2n) is 21.1. The summed E-state index contributed by atoms with van der Waals surface area (Å²) in [4.78, 5) is 35.6. The van der Waals surface area contributed by atoms with E-state index in [0.717, 1.165) is 89.9 Å². The number of rotatable bonds is 50. The first-order chi connectivity index (χ1) is 35.0. The van der Waals surface area contributed by atoms with Crippen LogP contribution in [0.4, 0.5) is 0 Å². The topological polar surface area (TPSA) is 108 Å². The van der Waals surface area contributed by atoms with Crippen molar-refractivity contribution in [3.63, 3.8) is 0 Å². The molecule has 1 unspecified atom stereocenters. The number of nitrogens with zero attached hydrogens (tertiary/aromatic N) is 1. The number of carbonyl (C=O) groups excluding carboxylic acids is 2. The van der Waals surface area contributed by atoms with Crippen molar-refractivity contribution >= 4 is 19.8 Å². The van der Waals surface area contributed by atoms with Gasteiger partial charge in [0.05, 0.1) is 27.7 Å². The van der Waals surface area contributed by atoms with Crippen LogP contribution in [0.5, 0.6) is 0 Å². The fraction of sp³-hybridized carbons (Fsp3) is 0.839. The largest absolute Gasteiger partial charge is 0.472 e. The van der Waals surface area contributed by atoms with Gasteiger partial charge < -0.3 is 18.9 Å². The van der Waals surface area contributed by atoms with Gasteiger partial charge in [-0.2, -0.15) is 0 Å². The lowest BCUT2D eigenvalue weighted by atomic mass is 10.0. The molecule has 1 N–H and O–H groups in total. The molecule has 10 heteroatoms. The molecule has 9 nitrogen and oxygen atoms in total. The first-order valence-electron chi connectivity index (χ1n) is 29.7. The van der Waals surface area contributed by atoms with Gasteiger partial charge in [-0.1, -0.05) is 230 Å². The number of phosphoric ester groups is 1. The van der Waals surface area contributed by atoms with E-state index in [1.54, 1.807) is 0 Å². The third kappa shape index (κ3) is 56.5. The number of phosphoric acid groups is 1. The van der Waals surface area contributed by atoms with Crippen molar-refractivity contribution in [1.82, 2.24) is 0 Å². The van der Waals surface area contributed by atoms with E-state index in [0.29, 0.717) is 23.9 Å². The SMILES string of the molecule is CCCCCCCCCCCCCCCC#CC#CCCCCCCCC(=O)OC[C@H](COP(=O)(O)OCC[N+](C)(C)C)OC(=O)CCCCCCCC#CC#CCCCCCCCCCCCCCCC. The monoisotopic (exact) mass is 1030 g/mol. The van der Waals surface area contributed by atoms with Crippen molar-refractivity contribution in [3.05, 3.63) is 0 Å². The average molecular weight is 1030 g/mol. The van der Waals surface area contributed by atoms with Gasteiger partial charge in [0.15, 0.2) is 6.10 Å². The van der Waals surface area contributed by atoms with Crippen LogP contribution in [0.2, 0.25) is 0 Å². The predicted molar refractivity (Wildman–Crippen MR) is 302 cm³/mol. The van der Waals surface area contributed by atoms with Gasteiger partial charge in [-0.05, 0) is 62.2 Å². The second kappa shape index (κ2) is 53.1. The van der Waals surface area contributed by atoms with E-state index in [1.165, 1.54) is 154 Å². The molecular weight excluding hydrogens is 918 g/mol. The molecule has 0 amide bonds. The molecule has 0 aromatic carbocycles. The Morgan fingerprint density at radius 2 is 0.736 bits per heavy atom. The van der Waals surface area contributed by atoms with Gasteiger partial charge in [-0.25, -0.2) is 4.57 Å². The minimum absolute atomic E-state index is 0.0125. The summed E-state index contributed by atoms with van der Waals surface area (Å²) >= 11 is 0. The van der Waals surface area contributed by atoms with Crippen LogP contribution >= 0.6 is 7.82 Å². The smallest absolute Gasteiger partial charge is 0.462 e. The van der Waals surface area contributed by atoms with Crippen LogP contribution in [0.3, 0.4) is 0 Å². The zero-order chi connectivity index (χ0) is 52.7. The zero-order valence-electron chi connectivity index (χ0n) is 47.3. The molecule has 0 fully saturated rings. The van der Waals surface area contributed by atoms with Crippen molar-refractivity contribution in [2.45, 2.75) is 290 Å². The summed E-state index contributed by atoms with van der Waals surface area (Å²) in [6.07, 6.45) is 47.2. The summed E-state index contributed by atoms with van der Waals surface area (Å²) in [6.45, 7) is 4.35. The fourth-order valence-electron chi connectivity index (χ4n) is 8.18. The van der Waals surface area contributed by atoms with Gasteiger partial charge in [0, 0.05) is 38.5 Å². The molecule has 0 radical (unpaired) electrons. The molecule has 72 heavy (non-hydrogen) atoms. The lowest BCUT2D eigenvalue weighted by molar-refractivity contribution is -0.870. The summed E-state index contributed by atoms with van der Waals surface area (Å²) < 4.78 is 34.5. The van der Waals surface area contributed by atoms with Crippen molar-refractivity contribution in [1.29, 1.82) is 0 Å². The number of esters is 2. The van der Waals surface area contributed by atoms with E-state index in [1.807, 2.05) is 21.1 Å². The van der Waals surface area contributed by atoms with E-state index in [9.17, 15) is 19.0 Å². The average Bonchev–Trinajstić information content (AvgIpc) is 3.34. The van der Waals surface area contributed by atoms with Crippen LogP contribution in [0.1, 0.15) is 284 Å². The first-order valence-corrected chi connectivity index (χ1v) is 31.2. The molecular formula is C62H109NO8P+. The maximum atomic E-state index is 12.8. The highest BCUT2D eigenvalue weighted by Gasteiger charge is 2.27. The molecule has 0 bridgehead atoms. The van der Waals surface area contributed by atoms with Gasteiger partial charge in [-0.3, -0.25) is 18.6 Å². The number of carbonyl (C=O) groups is 2. The van der Waals surface area contributed by atoms with Crippen LogP contribution in [-0.2, 0) is 32.7 Å². The molecule has 2 atom stereocenters. The first kappa shape index (κ1) is 69.2. The molecule has 0 aliphatic heterocycles. The third-order valence-corrected chi connectivity index (χ3v) is 13.8. The van der Waals surface area contributed by atoms with E-state index >= 15 is 0 Å². The standard InChI is InChI=1S/C62H108NO8P/c1-6-8-10-12-14-16-18-20-22-24-26-28-30-32-34-36-38-40-42-44-46-48-50-52-54-61(64)68-58-60(59-70-72(66,67)69-57-56-63(3,4)5)71-62(65)55-53-51-49-47-45-43-41-39-37-35-33-31-29-27-25-23-21-19-17-15-13-11-9-7-2/h60H,6-33,42-59H2,1-5H3/p+1/t60-/m1/s1. The Balaban J connectivity index is 4.26. The Bertz CT molecular complexity index is 1580. The zero-order valence-corrected chi connectivity index (χ0v) is 48.2. The van der Waals surface area contributed by atoms with Gasteiger partial charge >= 0.3 is 19.8 Å². The molecule has 0 aromatic heterocycles. The molecule has 0 aliphatic rings. The number of quaternary nitrogens is 1. The van der Waals surface area contributed by atoms with Gasteiger partial charge in [-0.15, -0.1) is 0 Å². The predicted octanol–water partition coefficient (Wildman–Crippen LogP) is 16.7. The molecule has 0 aromatic rings. The molecule has 0 spiro atoms. The highest BCUT2D eigenvalue weighted by atomic mass is 31.2. The third-order valence-electron chi connectivity index (χ3n) is 12.8. The number of hydrogen-bond donors (Lipinski definition) is 1. The Kier molecular flexibility index (Phi) is 51.1. The molecule has 0 saturated carbocycles. The highest BCUT2D eigenvalue weighted by Crippen LogP contribution is 2.43. The van der Waals surface area contributed by atoms with Crippen molar-refractivity contribution < 1.29 is 42.1 Å². The quantitative estimate of drug-likeness (QED) is 0.0211. The summed E-state index contributed by atoms with van der Waals surface area (Å²) in [5.74, 6) is 23.9. The van der Waals surface area contributed by atoms with Gasteiger partial charge in [0.1, 0.15) is 19.8 Å². The fourth-order valence-corrected chi connectivity index (χ4v) is 8.92. The molecule has 0 heterocycles. The number of unbranched alkanes of at least 4 members (excludes halogenated alkanes) is 36. The number of likely N-dealkylation sites (N-methyl/N-ethyl adjacent to an activating group) is 1. The Hall–Kier alpha value is -2.75. The van der Waals surface area contributed by atoms with E-state index in [2.05, 4.69) is 61.2 Å².